The zero-order valence-corrected chi connectivity index (χ0v) is 12.1. The van der Waals surface area contributed by atoms with E-state index in [-0.39, 0.29) is 16.6 Å². The molecule has 1 unspecified atom stereocenters. The van der Waals surface area contributed by atoms with Crippen LogP contribution in [0.2, 0.25) is 5.02 Å². The van der Waals surface area contributed by atoms with Crippen LogP contribution in [0.5, 0.6) is 0 Å². The first-order valence-electron chi connectivity index (χ1n) is 6.40. The van der Waals surface area contributed by atoms with Crippen LogP contribution in [0.15, 0.2) is 11.0 Å². The number of anilines is 1. The van der Waals surface area contributed by atoms with Crippen LogP contribution in [0.4, 0.5) is 5.69 Å². The lowest BCUT2D eigenvalue weighted by Crippen LogP contribution is -2.32. The van der Waals surface area contributed by atoms with Crippen molar-refractivity contribution in [3.63, 3.8) is 0 Å². The zero-order valence-electron chi connectivity index (χ0n) is 11.3. The zero-order chi connectivity index (χ0) is 14.0. The van der Waals surface area contributed by atoms with Gasteiger partial charge >= 0.3 is 0 Å². The predicted octanol–water partition coefficient (Wildman–Crippen LogP) is -0.00430. The van der Waals surface area contributed by atoms with E-state index in [9.17, 15) is 4.79 Å². The molecule has 0 amide bonds. The molecule has 7 heteroatoms. The molecule has 0 aliphatic carbocycles. The van der Waals surface area contributed by atoms with Gasteiger partial charge in [0.2, 0.25) is 0 Å². The average Bonchev–Trinajstić information content (AvgIpc) is 2.77. The Morgan fingerprint density at radius 2 is 2.32 bits per heavy atom. The second-order valence-electron chi connectivity index (χ2n) is 5.17. The summed E-state index contributed by atoms with van der Waals surface area (Å²) < 4.78 is 1.40. The van der Waals surface area contributed by atoms with Crippen molar-refractivity contribution in [3.8, 4) is 0 Å². The lowest BCUT2D eigenvalue weighted by Gasteiger charge is -2.19. The van der Waals surface area contributed by atoms with E-state index in [1.165, 1.54) is 4.68 Å². The summed E-state index contributed by atoms with van der Waals surface area (Å²) in [6.07, 6.45) is 2.58. The van der Waals surface area contributed by atoms with Crippen molar-refractivity contribution in [3.05, 3.63) is 21.6 Å². The number of hydrogen-bond donors (Lipinski definition) is 1. The first kappa shape index (κ1) is 14.3. The molecular weight excluding hydrogens is 266 g/mol. The van der Waals surface area contributed by atoms with Crippen molar-refractivity contribution in [2.45, 2.75) is 19.0 Å². The maximum absolute atomic E-state index is 12.1. The molecule has 2 heterocycles. The SMILES string of the molecule is CN(C)CCn1ncc(N2CCC(N)C2)c(Cl)c1=O. The third-order valence-corrected chi connectivity index (χ3v) is 3.65. The van der Waals surface area contributed by atoms with Gasteiger partial charge in [-0.25, -0.2) is 4.68 Å². The quantitative estimate of drug-likeness (QED) is 0.843. The van der Waals surface area contributed by atoms with E-state index in [4.69, 9.17) is 17.3 Å². The Labute approximate surface area is 117 Å². The van der Waals surface area contributed by atoms with Gasteiger partial charge in [-0.1, -0.05) is 11.6 Å². The fourth-order valence-electron chi connectivity index (χ4n) is 2.14. The van der Waals surface area contributed by atoms with Crippen LogP contribution < -0.4 is 16.2 Å². The molecule has 106 valence electrons. The van der Waals surface area contributed by atoms with Gasteiger partial charge in [0.25, 0.3) is 5.56 Å². The van der Waals surface area contributed by atoms with E-state index in [1.807, 2.05) is 23.9 Å². The molecule has 0 spiro atoms. The second-order valence-corrected chi connectivity index (χ2v) is 5.55. The molecule has 19 heavy (non-hydrogen) atoms. The van der Waals surface area contributed by atoms with E-state index in [2.05, 4.69) is 5.10 Å². The fraction of sp³-hybridized carbons (Fsp3) is 0.667. The highest BCUT2D eigenvalue weighted by Crippen LogP contribution is 2.24. The van der Waals surface area contributed by atoms with Gasteiger partial charge < -0.3 is 15.5 Å². The van der Waals surface area contributed by atoms with Crippen LogP contribution in [0.25, 0.3) is 0 Å². The molecule has 6 nitrogen and oxygen atoms in total. The Kier molecular flexibility index (Phi) is 4.44. The molecule has 0 bridgehead atoms. The topological polar surface area (TPSA) is 67.4 Å². The minimum absolute atomic E-state index is 0.146. The largest absolute Gasteiger partial charge is 0.367 e. The number of likely N-dealkylation sites (N-methyl/N-ethyl adjacent to an activating group) is 1. The number of nitrogens with two attached hydrogens (primary N) is 1. The molecule has 1 aliphatic heterocycles. The highest BCUT2D eigenvalue weighted by Gasteiger charge is 2.23. The molecule has 1 aromatic heterocycles. The Bertz CT molecular complexity index is 501. The second kappa shape index (κ2) is 5.90. The maximum atomic E-state index is 12.1. The van der Waals surface area contributed by atoms with Crippen LogP contribution in [0, 0.1) is 0 Å². The summed E-state index contributed by atoms with van der Waals surface area (Å²) >= 11 is 6.17. The number of hydrogen-bond acceptors (Lipinski definition) is 5. The van der Waals surface area contributed by atoms with Gasteiger partial charge in [-0.2, -0.15) is 5.10 Å². The Morgan fingerprint density at radius 1 is 1.58 bits per heavy atom. The number of aromatic nitrogens is 2. The third-order valence-electron chi connectivity index (χ3n) is 3.29. The Morgan fingerprint density at radius 3 is 2.89 bits per heavy atom. The molecular formula is C12H20ClN5O. The van der Waals surface area contributed by atoms with Crippen LogP contribution in [0.1, 0.15) is 6.42 Å². The van der Waals surface area contributed by atoms with E-state index < -0.39 is 0 Å². The highest BCUT2D eigenvalue weighted by molar-refractivity contribution is 6.33. The van der Waals surface area contributed by atoms with Crippen molar-refractivity contribution in [1.29, 1.82) is 0 Å². The molecule has 1 fully saturated rings. The Hall–Kier alpha value is -1.11. The van der Waals surface area contributed by atoms with E-state index in [0.717, 1.165) is 26.1 Å². The van der Waals surface area contributed by atoms with Gasteiger partial charge in [0, 0.05) is 25.7 Å². The summed E-state index contributed by atoms with van der Waals surface area (Å²) in [7, 11) is 3.90. The minimum atomic E-state index is -0.235. The van der Waals surface area contributed by atoms with Gasteiger partial charge in [0.05, 0.1) is 18.4 Å². The lowest BCUT2D eigenvalue weighted by molar-refractivity contribution is 0.367. The number of halogens is 1. The van der Waals surface area contributed by atoms with E-state index in [0.29, 0.717) is 12.2 Å². The highest BCUT2D eigenvalue weighted by atomic mass is 35.5. The molecule has 1 atom stereocenters. The predicted molar refractivity (Wildman–Crippen MR) is 76.9 cm³/mol. The van der Waals surface area contributed by atoms with Gasteiger partial charge in [-0.3, -0.25) is 4.79 Å². The van der Waals surface area contributed by atoms with Gasteiger partial charge in [-0.05, 0) is 20.5 Å². The van der Waals surface area contributed by atoms with E-state index in [1.54, 1.807) is 6.20 Å². The number of nitrogens with zero attached hydrogens (tertiary/aromatic N) is 4. The van der Waals surface area contributed by atoms with Crippen LogP contribution in [-0.4, -0.2) is 54.5 Å². The fourth-order valence-corrected chi connectivity index (χ4v) is 2.40. The molecule has 2 N–H and O–H groups in total. The minimum Gasteiger partial charge on any atom is -0.367 e. The van der Waals surface area contributed by atoms with Gasteiger partial charge in [-0.15, -0.1) is 0 Å². The summed E-state index contributed by atoms with van der Waals surface area (Å²) in [5.41, 5.74) is 6.33. The molecule has 1 aromatic rings. The van der Waals surface area contributed by atoms with Crippen LogP contribution in [-0.2, 0) is 6.54 Å². The summed E-state index contributed by atoms with van der Waals surface area (Å²) in [5.74, 6) is 0. The summed E-state index contributed by atoms with van der Waals surface area (Å²) in [4.78, 5) is 16.2. The van der Waals surface area contributed by atoms with E-state index >= 15 is 0 Å². The van der Waals surface area contributed by atoms with Gasteiger partial charge in [0.15, 0.2) is 0 Å². The Balaban J connectivity index is 2.20. The monoisotopic (exact) mass is 285 g/mol. The molecule has 2 rings (SSSR count). The van der Waals surface area contributed by atoms with Crippen molar-refractivity contribution in [2.75, 3.05) is 38.6 Å². The molecule has 0 saturated carbocycles. The van der Waals surface area contributed by atoms with Crippen molar-refractivity contribution in [1.82, 2.24) is 14.7 Å². The molecule has 1 saturated heterocycles. The smallest absolute Gasteiger partial charge is 0.287 e. The van der Waals surface area contributed by atoms with Crippen LogP contribution >= 0.6 is 11.6 Å². The van der Waals surface area contributed by atoms with Gasteiger partial charge in [0.1, 0.15) is 5.02 Å². The molecule has 1 aliphatic rings. The average molecular weight is 286 g/mol. The van der Waals surface area contributed by atoms with Crippen LogP contribution in [0.3, 0.4) is 0 Å². The van der Waals surface area contributed by atoms with Crippen molar-refractivity contribution in [2.24, 2.45) is 5.73 Å². The first-order valence-corrected chi connectivity index (χ1v) is 6.77. The third kappa shape index (κ3) is 3.26. The summed E-state index contributed by atoms with van der Waals surface area (Å²) in [6, 6.07) is 0.146. The summed E-state index contributed by atoms with van der Waals surface area (Å²) in [5, 5.41) is 4.43. The molecule has 0 aromatic carbocycles. The standard InChI is InChI=1S/C12H20ClN5O/c1-16(2)5-6-18-12(19)11(13)10(7-15-18)17-4-3-9(14)8-17/h7,9H,3-6,8,14H2,1-2H3. The first-order chi connectivity index (χ1) is 8.99. The molecule has 0 radical (unpaired) electrons. The van der Waals surface area contributed by atoms with Crippen molar-refractivity contribution < 1.29 is 0 Å². The lowest BCUT2D eigenvalue weighted by atomic mass is 10.3. The van der Waals surface area contributed by atoms with Crippen molar-refractivity contribution >= 4 is 17.3 Å². The number of rotatable bonds is 4. The summed E-state index contributed by atoms with van der Waals surface area (Å²) in [6.45, 7) is 2.83. The maximum Gasteiger partial charge on any atom is 0.287 e. The normalized spacial score (nSPS) is 19.4.